The molecule has 0 spiro atoms. The highest BCUT2D eigenvalue weighted by atomic mass is 15.3. The topological polar surface area (TPSA) is 23.8 Å². The van der Waals surface area contributed by atoms with E-state index in [0.717, 1.165) is 0 Å². The van der Waals surface area contributed by atoms with Crippen molar-refractivity contribution in [3.8, 4) is 0 Å². The molecule has 1 aliphatic heterocycles. The summed E-state index contributed by atoms with van der Waals surface area (Å²) in [6.07, 6.45) is 2.88. The maximum atomic E-state index is 6.25. The first-order valence-electron chi connectivity index (χ1n) is 3.25. The van der Waals surface area contributed by atoms with E-state index in [4.69, 9.17) is 11.8 Å². The van der Waals surface area contributed by atoms with Gasteiger partial charge in [-0.05, 0) is 0 Å². The predicted octanol–water partition coefficient (Wildman–Crippen LogP) is 0.953. The van der Waals surface area contributed by atoms with Gasteiger partial charge in [-0.15, -0.1) is 0 Å². The molecule has 0 amide bonds. The minimum absolute atomic E-state index is 1.25. The summed E-state index contributed by atoms with van der Waals surface area (Å²) in [5.74, 6) is 0. The minimum atomic E-state index is 1.25. The summed E-state index contributed by atoms with van der Waals surface area (Å²) in [6, 6.07) is 0. The summed E-state index contributed by atoms with van der Waals surface area (Å²) in [5.41, 5.74) is 0. The molecule has 0 aliphatic carbocycles. The van der Waals surface area contributed by atoms with Crippen LogP contribution in [0.1, 0.15) is 12.8 Å². The van der Waals surface area contributed by atoms with E-state index in [1.807, 2.05) is 0 Å². The van der Waals surface area contributed by atoms with Gasteiger partial charge in [-0.2, -0.15) is 0 Å². The van der Waals surface area contributed by atoms with Crippen molar-refractivity contribution < 1.29 is 4.48 Å². The third kappa shape index (κ3) is 3.10. The molecule has 0 N–H and O–H groups in total. The Kier molecular flexibility index (Phi) is 3.26. The molecule has 1 heterocycles. The van der Waals surface area contributed by atoms with Crippen molar-refractivity contribution >= 4 is 0 Å². The Hall–Kier alpha value is -0.550. The third-order valence-electron chi connectivity index (χ3n) is 1.78. The summed E-state index contributed by atoms with van der Waals surface area (Å²) >= 11 is 0. The van der Waals surface area contributed by atoms with Crippen LogP contribution in [0.3, 0.4) is 0 Å². The molecular formula is C7H14N2. The van der Waals surface area contributed by atoms with Crippen LogP contribution >= 0.6 is 0 Å². The van der Waals surface area contributed by atoms with Crippen LogP contribution in [0.5, 0.6) is 0 Å². The highest BCUT2D eigenvalue weighted by Gasteiger charge is 2.19. The number of hydrogen-bond donors (Lipinski definition) is 0. The highest BCUT2D eigenvalue weighted by Crippen LogP contribution is 2.11. The zero-order valence-corrected chi connectivity index (χ0v) is 6.22. The number of quaternary nitrogens is 1. The van der Waals surface area contributed by atoms with Gasteiger partial charge in [0.05, 0.1) is 27.2 Å². The summed E-state index contributed by atoms with van der Waals surface area (Å²) in [4.78, 5) is 0. The Balaban J connectivity index is 0.000000291. The van der Waals surface area contributed by atoms with Gasteiger partial charge < -0.3 is 16.3 Å². The summed E-state index contributed by atoms with van der Waals surface area (Å²) < 4.78 is 1.25. The maximum absolute atomic E-state index is 6.25. The zero-order chi connectivity index (χ0) is 7.33. The molecule has 0 bridgehead atoms. The Morgan fingerprint density at radius 3 is 1.56 bits per heavy atom. The lowest BCUT2D eigenvalue weighted by Crippen LogP contribution is -2.35. The van der Waals surface area contributed by atoms with Crippen molar-refractivity contribution in [1.29, 1.82) is 5.26 Å². The first-order valence-corrected chi connectivity index (χ1v) is 3.25. The van der Waals surface area contributed by atoms with Crippen molar-refractivity contribution in [1.82, 2.24) is 0 Å². The molecule has 0 unspecified atom stereocenters. The number of nitrogens with zero attached hydrogens (tertiary/aromatic N) is 2. The van der Waals surface area contributed by atoms with Crippen molar-refractivity contribution in [2.24, 2.45) is 0 Å². The molecule has 2 heteroatoms. The first kappa shape index (κ1) is 8.45. The number of likely N-dealkylation sites (tertiary alicyclic amines) is 1. The van der Waals surface area contributed by atoms with E-state index >= 15 is 0 Å². The van der Waals surface area contributed by atoms with Crippen LogP contribution in [0.25, 0.3) is 0 Å². The Morgan fingerprint density at radius 2 is 1.44 bits per heavy atom. The number of hydrogen-bond acceptors (Lipinski definition) is 1. The molecule has 0 aromatic heterocycles. The lowest BCUT2D eigenvalue weighted by atomic mass is 10.4. The molecule has 52 valence electrons. The van der Waals surface area contributed by atoms with Crippen LogP contribution in [-0.4, -0.2) is 31.7 Å². The summed E-state index contributed by atoms with van der Waals surface area (Å²) in [7, 11) is 4.60. The fourth-order valence-corrected chi connectivity index (χ4v) is 1.19. The second kappa shape index (κ2) is 3.47. The van der Waals surface area contributed by atoms with Gasteiger partial charge >= 0.3 is 0 Å². The lowest BCUT2D eigenvalue weighted by Gasteiger charge is -2.21. The molecule has 1 rings (SSSR count). The summed E-state index contributed by atoms with van der Waals surface area (Å²) in [6.45, 7) is 7.53. The quantitative estimate of drug-likeness (QED) is 0.350. The van der Waals surface area contributed by atoms with E-state index in [2.05, 4.69) is 14.1 Å². The van der Waals surface area contributed by atoms with Crippen LogP contribution in [0, 0.1) is 11.8 Å². The van der Waals surface area contributed by atoms with Gasteiger partial charge in [0.2, 0.25) is 0 Å². The normalized spacial score (nSPS) is 22.2. The number of rotatable bonds is 0. The third-order valence-corrected chi connectivity index (χ3v) is 1.78. The van der Waals surface area contributed by atoms with Crippen molar-refractivity contribution in [3.05, 3.63) is 6.57 Å². The van der Waals surface area contributed by atoms with Gasteiger partial charge in [0.15, 0.2) is 0 Å². The Labute approximate surface area is 57.3 Å². The average molecular weight is 126 g/mol. The van der Waals surface area contributed by atoms with Gasteiger partial charge in [0.1, 0.15) is 0 Å². The van der Waals surface area contributed by atoms with Gasteiger partial charge in [0, 0.05) is 12.8 Å². The average Bonchev–Trinajstić information content (AvgIpc) is 2.19. The molecule has 1 aliphatic rings. The summed E-state index contributed by atoms with van der Waals surface area (Å²) in [5, 5.41) is 6.25. The van der Waals surface area contributed by atoms with E-state index in [-0.39, 0.29) is 0 Å². The monoisotopic (exact) mass is 126 g/mol. The van der Waals surface area contributed by atoms with Gasteiger partial charge in [-0.3, -0.25) is 0 Å². The van der Waals surface area contributed by atoms with E-state index in [0.29, 0.717) is 0 Å². The van der Waals surface area contributed by atoms with Crippen molar-refractivity contribution in [2.45, 2.75) is 12.8 Å². The SMILES string of the molecule is C[N+]1(C)CCCC1.[C-]#N. The van der Waals surface area contributed by atoms with E-state index in [9.17, 15) is 0 Å². The molecule has 0 aromatic rings. The molecule has 1 saturated heterocycles. The standard InChI is InChI=1S/C6H14N.CN/c1-7(2)5-3-4-6-7;1-2/h3-6H2,1-2H3;/q+1;-1. The lowest BCUT2D eigenvalue weighted by molar-refractivity contribution is -0.877. The fraction of sp³-hybridized carbons (Fsp3) is 0.857. The van der Waals surface area contributed by atoms with Crippen LogP contribution in [0.15, 0.2) is 0 Å². The molecule has 9 heavy (non-hydrogen) atoms. The van der Waals surface area contributed by atoms with Gasteiger partial charge in [-0.1, -0.05) is 0 Å². The molecule has 2 nitrogen and oxygen atoms in total. The highest BCUT2D eigenvalue weighted by molar-refractivity contribution is 4.46. The largest absolute Gasteiger partial charge is 0.512 e. The molecule has 0 atom stereocenters. The fourth-order valence-electron chi connectivity index (χ4n) is 1.19. The van der Waals surface area contributed by atoms with Crippen molar-refractivity contribution in [2.75, 3.05) is 27.2 Å². The predicted molar refractivity (Wildman–Crippen MR) is 36.0 cm³/mol. The van der Waals surface area contributed by atoms with E-state index in [1.54, 1.807) is 0 Å². The molecule has 0 radical (unpaired) electrons. The molecule has 1 fully saturated rings. The zero-order valence-electron chi connectivity index (χ0n) is 6.22. The van der Waals surface area contributed by atoms with E-state index in [1.165, 1.54) is 30.4 Å². The Bertz CT molecular complexity index is 86.3. The molecule has 0 saturated carbocycles. The smallest absolute Gasteiger partial charge is 0.0784 e. The van der Waals surface area contributed by atoms with Crippen LogP contribution in [-0.2, 0) is 0 Å². The van der Waals surface area contributed by atoms with Crippen molar-refractivity contribution in [3.63, 3.8) is 0 Å². The van der Waals surface area contributed by atoms with Crippen LogP contribution in [0.4, 0.5) is 0 Å². The van der Waals surface area contributed by atoms with Gasteiger partial charge in [0.25, 0.3) is 0 Å². The Morgan fingerprint density at radius 1 is 1.11 bits per heavy atom. The molecular weight excluding hydrogens is 112 g/mol. The van der Waals surface area contributed by atoms with Crippen LogP contribution in [0.2, 0.25) is 0 Å². The minimum Gasteiger partial charge on any atom is -0.512 e. The van der Waals surface area contributed by atoms with E-state index < -0.39 is 0 Å². The second-order valence-electron chi connectivity index (χ2n) is 3.09. The van der Waals surface area contributed by atoms with Crippen LogP contribution < -0.4 is 0 Å². The van der Waals surface area contributed by atoms with Gasteiger partial charge in [-0.25, -0.2) is 0 Å². The maximum Gasteiger partial charge on any atom is 0.0784 e. The second-order valence-corrected chi connectivity index (χ2v) is 3.09. The molecule has 0 aromatic carbocycles. The first-order chi connectivity index (χ1) is 4.21.